The molecule has 2 atom stereocenters. The molecule has 0 aromatic heterocycles. The molecule has 0 unspecified atom stereocenters. The molecule has 2 aliphatic heterocycles. The Bertz CT molecular complexity index is 712. The molecule has 4 rings (SSSR count). The Kier molecular flexibility index (Phi) is 5.19. The zero-order chi connectivity index (χ0) is 19.0. The SMILES string of the molecule is CC(=O)N1CC(Cc2ccc(Cl)cc2)(C(=O)N2CC[C@@H]3CCCC[C@H]3C2)C1. The first-order valence-electron chi connectivity index (χ1n) is 10.3. The number of halogens is 1. The van der Waals surface area contributed by atoms with Gasteiger partial charge in [-0.3, -0.25) is 9.59 Å². The number of nitrogens with zero attached hydrogens (tertiary/aromatic N) is 2. The van der Waals surface area contributed by atoms with E-state index < -0.39 is 5.41 Å². The summed E-state index contributed by atoms with van der Waals surface area (Å²) in [4.78, 5) is 29.3. The second-order valence-electron chi connectivity index (χ2n) is 8.80. The lowest BCUT2D eigenvalue weighted by Crippen LogP contribution is -2.66. The van der Waals surface area contributed by atoms with Crippen molar-refractivity contribution >= 4 is 23.4 Å². The van der Waals surface area contributed by atoms with Gasteiger partial charge >= 0.3 is 0 Å². The van der Waals surface area contributed by atoms with Crippen LogP contribution in [0.4, 0.5) is 0 Å². The normalized spacial score (nSPS) is 26.9. The Labute approximate surface area is 166 Å². The number of fused-ring (bicyclic) bond motifs is 1. The summed E-state index contributed by atoms with van der Waals surface area (Å²) in [7, 11) is 0. The topological polar surface area (TPSA) is 40.6 Å². The predicted molar refractivity (Wildman–Crippen MR) is 106 cm³/mol. The molecular formula is C22H29ClN2O2. The number of benzene rings is 1. The third-order valence-corrected chi connectivity index (χ3v) is 7.17. The highest BCUT2D eigenvalue weighted by molar-refractivity contribution is 6.30. The van der Waals surface area contributed by atoms with E-state index >= 15 is 0 Å². The highest BCUT2D eigenvalue weighted by atomic mass is 35.5. The van der Waals surface area contributed by atoms with E-state index in [9.17, 15) is 9.59 Å². The van der Waals surface area contributed by atoms with E-state index in [4.69, 9.17) is 11.6 Å². The van der Waals surface area contributed by atoms with Crippen LogP contribution in [0.1, 0.15) is 44.6 Å². The minimum Gasteiger partial charge on any atom is -0.342 e. The van der Waals surface area contributed by atoms with Crippen molar-refractivity contribution in [3.8, 4) is 0 Å². The zero-order valence-electron chi connectivity index (χ0n) is 16.1. The first-order valence-corrected chi connectivity index (χ1v) is 10.6. The number of hydrogen-bond donors (Lipinski definition) is 0. The molecule has 1 aromatic rings. The Morgan fingerprint density at radius 1 is 1.04 bits per heavy atom. The molecule has 27 heavy (non-hydrogen) atoms. The summed E-state index contributed by atoms with van der Waals surface area (Å²) >= 11 is 6.02. The number of rotatable bonds is 3. The summed E-state index contributed by atoms with van der Waals surface area (Å²) in [6, 6.07) is 7.76. The molecule has 1 aliphatic carbocycles. The minimum atomic E-state index is -0.471. The lowest BCUT2D eigenvalue weighted by molar-refractivity contribution is -0.162. The van der Waals surface area contributed by atoms with E-state index in [0.717, 1.165) is 31.0 Å². The number of hydrogen-bond acceptors (Lipinski definition) is 2. The molecule has 146 valence electrons. The molecule has 3 aliphatic rings. The van der Waals surface area contributed by atoms with Crippen LogP contribution in [-0.4, -0.2) is 47.8 Å². The monoisotopic (exact) mass is 388 g/mol. The average molecular weight is 389 g/mol. The Morgan fingerprint density at radius 2 is 1.70 bits per heavy atom. The van der Waals surface area contributed by atoms with Gasteiger partial charge in [-0.05, 0) is 48.8 Å². The number of amides is 2. The summed E-state index contributed by atoms with van der Waals surface area (Å²) in [5, 5.41) is 0.706. The third kappa shape index (κ3) is 3.73. The summed E-state index contributed by atoms with van der Waals surface area (Å²) < 4.78 is 0. The number of piperidine rings is 1. The highest BCUT2D eigenvalue weighted by Crippen LogP contribution is 2.41. The molecule has 0 N–H and O–H groups in total. The van der Waals surface area contributed by atoms with E-state index in [1.54, 1.807) is 11.8 Å². The van der Waals surface area contributed by atoms with Crippen LogP contribution in [0.5, 0.6) is 0 Å². The van der Waals surface area contributed by atoms with E-state index in [1.165, 1.54) is 25.7 Å². The van der Waals surface area contributed by atoms with Crippen LogP contribution in [-0.2, 0) is 16.0 Å². The van der Waals surface area contributed by atoms with Gasteiger partial charge in [0.1, 0.15) is 0 Å². The maximum atomic E-state index is 13.6. The van der Waals surface area contributed by atoms with Crippen LogP contribution >= 0.6 is 11.6 Å². The van der Waals surface area contributed by atoms with Gasteiger partial charge in [-0.15, -0.1) is 0 Å². The fourth-order valence-electron chi connectivity index (χ4n) is 5.34. The second-order valence-corrected chi connectivity index (χ2v) is 9.24. The van der Waals surface area contributed by atoms with Crippen molar-refractivity contribution in [3.05, 3.63) is 34.9 Å². The van der Waals surface area contributed by atoms with Gasteiger partial charge in [0.15, 0.2) is 0 Å². The standard InChI is InChI=1S/C22H29ClN2O2/c1-16(26)25-14-22(15-25,12-17-6-8-20(23)9-7-17)21(27)24-11-10-18-4-2-3-5-19(18)13-24/h6-9,18-19H,2-5,10-15H2,1H3/t18-,19-/m0/s1. The summed E-state index contributed by atoms with van der Waals surface area (Å²) in [6.45, 7) is 4.45. The van der Waals surface area contributed by atoms with Crippen LogP contribution < -0.4 is 0 Å². The fourth-order valence-corrected chi connectivity index (χ4v) is 5.47. The molecular weight excluding hydrogens is 360 g/mol. The van der Waals surface area contributed by atoms with Crippen LogP contribution in [0.25, 0.3) is 0 Å². The van der Waals surface area contributed by atoms with Crippen molar-refractivity contribution in [3.63, 3.8) is 0 Å². The van der Waals surface area contributed by atoms with Gasteiger partial charge in [-0.2, -0.15) is 0 Å². The fraction of sp³-hybridized carbons (Fsp3) is 0.636. The third-order valence-electron chi connectivity index (χ3n) is 6.92. The van der Waals surface area contributed by atoms with Gasteiger partial charge in [-0.25, -0.2) is 0 Å². The molecule has 2 amide bonds. The lowest BCUT2D eigenvalue weighted by atomic mass is 9.71. The molecule has 5 heteroatoms. The lowest BCUT2D eigenvalue weighted by Gasteiger charge is -2.52. The van der Waals surface area contributed by atoms with Gasteiger partial charge in [0, 0.05) is 38.1 Å². The van der Waals surface area contributed by atoms with Crippen molar-refractivity contribution in [2.24, 2.45) is 17.3 Å². The molecule has 2 heterocycles. The van der Waals surface area contributed by atoms with Gasteiger partial charge in [0.05, 0.1) is 5.41 Å². The van der Waals surface area contributed by atoms with Crippen LogP contribution in [0, 0.1) is 17.3 Å². The van der Waals surface area contributed by atoms with Crippen LogP contribution in [0.3, 0.4) is 0 Å². The Balaban J connectivity index is 1.51. The van der Waals surface area contributed by atoms with E-state index in [0.29, 0.717) is 30.5 Å². The summed E-state index contributed by atoms with van der Waals surface area (Å²) in [5.41, 5.74) is 0.643. The van der Waals surface area contributed by atoms with Crippen molar-refractivity contribution < 1.29 is 9.59 Å². The number of carbonyl (C=O) groups is 2. The summed E-state index contributed by atoms with van der Waals surface area (Å²) in [5.74, 6) is 1.79. The maximum absolute atomic E-state index is 13.6. The number of likely N-dealkylation sites (tertiary alicyclic amines) is 2. The molecule has 1 aromatic carbocycles. The predicted octanol–water partition coefficient (Wildman–Crippen LogP) is 3.77. The zero-order valence-corrected chi connectivity index (χ0v) is 16.9. The average Bonchev–Trinajstić information content (AvgIpc) is 2.64. The van der Waals surface area contributed by atoms with E-state index in [2.05, 4.69) is 4.90 Å². The molecule has 2 saturated heterocycles. The van der Waals surface area contributed by atoms with Gasteiger partial charge in [-0.1, -0.05) is 43.0 Å². The molecule has 1 saturated carbocycles. The van der Waals surface area contributed by atoms with Crippen molar-refractivity contribution in [2.75, 3.05) is 26.2 Å². The second kappa shape index (κ2) is 7.46. The van der Waals surface area contributed by atoms with Crippen LogP contribution in [0.2, 0.25) is 5.02 Å². The maximum Gasteiger partial charge on any atom is 0.232 e. The van der Waals surface area contributed by atoms with Gasteiger partial charge in [0.2, 0.25) is 11.8 Å². The molecule has 0 spiro atoms. The van der Waals surface area contributed by atoms with Crippen molar-refractivity contribution in [2.45, 2.75) is 45.4 Å². The van der Waals surface area contributed by atoms with E-state index in [-0.39, 0.29) is 11.8 Å². The Morgan fingerprint density at radius 3 is 2.37 bits per heavy atom. The van der Waals surface area contributed by atoms with Crippen molar-refractivity contribution in [1.29, 1.82) is 0 Å². The summed E-state index contributed by atoms with van der Waals surface area (Å²) in [6.07, 6.45) is 7.07. The largest absolute Gasteiger partial charge is 0.342 e. The first-order chi connectivity index (χ1) is 13.0. The van der Waals surface area contributed by atoms with Gasteiger partial charge < -0.3 is 9.80 Å². The highest BCUT2D eigenvalue weighted by Gasteiger charge is 2.52. The minimum absolute atomic E-state index is 0.0560. The quantitative estimate of drug-likeness (QED) is 0.790. The van der Waals surface area contributed by atoms with E-state index in [1.807, 2.05) is 24.3 Å². The molecule has 0 radical (unpaired) electrons. The van der Waals surface area contributed by atoms with Crippen LogP contribution in [0.15, 0.2) is 24.3 Å². The van der Waals surface area contributed by atoms with Gasteiger partial charge in [0.25, 0.3) is 0 Å². The smallest absolute Gasteiger partial charge is 0.232 e. The first kappa shape index (κ1) is 18.8. The van der Waals surface area contributed by atoms with Crippen molar-refractivity contribution in [1.82, 2.24) is 9.80 Å². The Hall–Kier alpha value is -1.55. The molecule has 3 fully saturated rings. The number of carbonyl (C=O) groups excluding carboxylic acids is 2. The molecule has 0 bridgehead atoms. The molecule has 4 nitrogen and oxygen atoms in total.